The number of carbonyl (C=O) groups is 4. The number of nitrogens with zero attached hydrogens (tertiary/aromatic N) is 1. The molecule has 0 aliphatic heterocycles. The Morgan fingerprint density at radius 1 is 0.867 bits per heavy atom. The number of unbranched alkanes of at least 4 members (excludes halogenated alkanes) is 1. The number of carbonyl (C=O) groups excluding carboxylic acids is 2. The number of rotatable bonds is 16. The number of hydrogen-bond donors (Lipinski definition) is 8. The molecule has 0 radical (unpaired) electrons. The summed E-state index contributed by atoms with van der Waals surface area (Å²) >= 11 is 0. The van der Waals surface area contributed by atoms with Crippen LogP contribution in [0.3, 0.4) is 0 Å². The van der Waals surface area contributed by atoms with Gasteiger partial charge in [0.15, 0.2) is 5.96 Å². The molecule has 3 atom stereocenters. The van der Waals surface area contributed by atoms with Crippen LogP contribution in [0.15, 0.2) is 4.99 Å². The molecule has 13 heteroatoms. The molecule has 3 unspecified atom stereocenters. The van der Waals surface area contributed by atoms with Crippen molar-refractivity contribution in [2.24, 2.45) is 27.9 Å². The van der Waals surface area contributed by atoms with Crippen LogP contribution in [0.5, 0.6) is 0 Å². The predicted octanol–water partition coefficient (Wildman–Crippen LogP) is -2.58. The summed E-state index contributed by atoms with van der Waals surface area (Å²) in [5, 5.41) is 22.7. The standard InChI is InChI=1S/C17H33N7O6/c18-8-2-1-4-10(19)14(27)23-11(5-3-9-22-17(20)21)15(28)24-12(16(29)30)6-7-13(25)26/h10-12H,1-9,18-19H2,(H,23,27)(H,24,28)(H,25,26)(H,29,30)(H4,20,21,22). The summed E-state index contributed by atoms with van der Waals surface area (Å²) in [6, 6.07) is -3.35. The maximum atomic E-state index is 12.6. The minimum absolute atomic E-state index is 0.120. The topological polar surface area (TPSA) is 249 Å². The summed E-state index contributed by atoms with van der Waals surface area (Å²) in [6.07, 6.45) is 1.42. The highest BCUT2D eigenvalue weighted by molar-refractivity contribution is 5.91. The van der Waals surface area contributed by atoms with Gasteiger partial charge in [-0.15, -0.1) is 0 Å². The van der Waals surface area contributed by atoms with Gasteiger partial charge in [-0.1, -0.05) is 6.42 Å². The van der Waals surface area contributed by atoms with E-state index >= 15 is 0 Å². The van der Waals surface area contributed by atoms with Gasteiger partial charge < -0.3 is 43.8 Å². The monoisotopic (exact) mass is 431 g/mol. The lowest BCUT2D eigenvalue weighted by Gasteiger charge is -2.22. The summed E-state index contributed by atoms with van der Waals surface area (Å²) in [4.78, 5) is 50.7. The van der Waals surface area contributed by atoms with Crippen LogP contribution < -0.4 is 33.6 Å². The van der Waals surface area contributed by atoms with Crippen LogP contribution in [-0.2, 0) is 19.2 Å². The summed E-state index contributed by atoms with van der Waals surface area (Å²) in [6.45, 7) is 0.670. The van der Waals surface area contributed by atoms with Crippen LogP contribution in [-0.4, -0.2) is 71.1 Å². The lowest BCUT2D eigenvalue weighted by molar-refractivity contribution is -0.143. The van der Waals surface area contributed by atoms with E-state index < -0.39 is 48.3 Å². The van der Waals surface area contributed by atoms with Crippen LogP contribution in [0.4, 0.5) is 0 Å². The van der Waals surface area contributed by atoms with Crippen LogP contribution in [0.1, 0.15) is 44.9 Å². The van der Waals surface area contributed by atoms with Crippen molar-refractivity contribution < 1.29 is 29.4 Å². The van der Waals surface area contributed by atoms with Gasteiger partial charge in [-0.2, -0.15) is 0 Å². The number of nitrogens with two attached hydrogens (primary N) is 4. The van der Waals surface area contributed by atoms with Gasteiger partial charge in [0.2, 0.25) is 11.8 Å². The average molecular weight is 431 g/mol. The second-order valence-corrected chi connectivity index (χ2v) is 6.73. The van der Waals surface area contributed by atoms with Crippen molar-refractivity contribution in [1.29, 1.82) is 0 Å². The van der Waals surface area contributed by atoms with Crippen molar-refractivity contribution in [1.82, 2.24) is 10.6 Å². The van der Waals surface area contributed by atoms with Gasteiger partial charge in [-0.05, 0) is 38.6 Å². The van der Waals surface area contributed by atoms with Gasteiger partial charge >= 0.3 is 11.9 Å². The molecule has 0 saturated carbocycles. The molecule has 0 bridgehead atoms. The molecular formula is C17H33N7O6. The fourth-order valence-corrected chi connectivity index (χ4v) is 2.49. The van der Waals surface area contributed by atoms with Gasteiger partial charge in [0.1, 0.15) is 12.1 Å². The maximum absolute atomic E-state index is 12.6. The van der Waals surface area contributed by atoms with Crippen LogP contribution >= 0.6 is 0 Å². The first-order valence-corrected chi connectivity index (χ1v) is 9.64. The zero-order valence-electron chi connectivity index (χ0n) is 16.9. The van der Waals surface area contributed by atoms with Crippen LogP contribution in [0, 0.1) is 0 Å². The minimum atomic E-state index is -1.41. The van der Waals surface area contributed by atoms with E-state index in [4.69, 9.17) is 28.0 Å². The Bertz CT molecular complexity index is 609. The third-order valence-corrected chi connectivity index (χ3v) is 4.15. The molecule has 0 saturated heterocycles. The van der Waals surface area contributed by atoms with Crippen molar-refractivity contribution in [3.05, 3.63) is 0 Å². The number of guanidine groups is 1. The third kappa shape index (κ3) is 12.5. The van der Waals surface area contributed by atoms with E-state index in [1.807, 2.05) is 0 Å². The smallest absolute Gasteiger partial charge is 0.326 e. The molecular weight excluding hydrogens is 398 g/mol. The molecule has 30 heavy (non-hydrogen) atoms. The molecule has 0 aliphatic carbocycles. The van der Waals surface area contributed by atoms with E-state index in [-0.39, 0.29) is 25.3 Å². The highest BCUT2D eigenvalue weighted by Gasteiger charge is 2.28. The van der Waals surface area contributed by atoms with Crippen molar-refractivity contribution in [2.45, 2.75) is 63.1 Å². The lowest BCUT2D eigenvalue weighted by Crippen LogP contribution is -2.54. The first-order chi connectivity index (χ1) is 14.1. The van der Waals surface area contributed by atoms with Crippen LogP contribution in [0.2, 0.25) is 0 Å². The molecule has 0 aliphatic rings. The molecule has 0 heterocycles. The molecule has 172 valence electrons. The van der Waals surface area contributed by atoms with E-state index in [2.05, 4.69) is 15.6 Å². The van der Waals surface area contributed by atoms with Gasteiger partial charge in [0, 0.05) is 13.0 Å². The summed E-state index contributed by atoms with van der Waals surface area (Å²) < 4.78 is 0. The number of hydrogen-bond acceptors (Lipinski definition) is 7. The second kappa shape index (κ2) is 15.0. The van der Waals surface area contributed by atoms with Crippen LogP contribution in [0.25, 0.3) is 0 Å². The summed E-state index contributed by atoms with van der Waals surface area (Å²) in [5.41, 5.74) is 21.7. The van der Waals surface area contributed by atoms with Crippen molar-refractivity contribution >= 4 is 29.7 Å². The van der Waals surface area contributed by atoms with E-state index in [0.29, 0.717) is 32.2 Å². The minimum Gasteiger partial charge on any atom is -0.481 e. The number of amides is 2. The van der Waals surface area contributed by atoms with Gasteiger partial charge in [-0.3, -0.25) is 19.4 Å². The Labute approximate surface area is 174 Å². The summed E-state index contributed by atoms with van der Waals surface area (Å²) in [5.74, 6) is -4.03. The zero-order chi connectivity index (χ0) is 23.1. The van der Waals surface area contributed by atoms with E-state index in [1.165, 1.54) is 0 Å². The van der Waals surface area contributed by atoms with Crippen molar-refractivity contribution in [3.63, 3.8) is 0 Å². The number of nitrogens with one attached hydrogen (secondary N) is 2. The Morgan fingerprint density at radius 3 is 2.03 bits per heavy atom. The quantitative estimate of drug-likeness (QED) is 0.0719. The fraction of sp³-hybridized carbons (Fsp3) is 0.706. The molecule has 12 N–H and O–H groups in total. The third-order valence-electron chi connectivity index (χ3n) is 4.15. The van der Waals surface area contributed by atoms with E-state index in [0.717, 1.165) is 0 Å². The molecule has 0 aromatic rings. The second-order valence-electron chi connectivity index (χ2n) is 6.73. The molecule has 0 aromatic carbocycles. The average Bonchev–Trinajstić information content (AvgIpc) is 2.66. The molecule has 0 fully saturated rings. The molecule has 0 spiro atoms. The normalized spacial score (nSPS) is 13.5. The Morgan fingerprint density at radius 2 is 1.50 bits per heavy atom. The SMILES string of the molecule is NCCCCC(N)C(=O)NC(CCCN=C(N)N)C(=O)NC(CCC(=O)O)C(=O)O. The van der Waals surface area contributed by atoms with Gasteiger partial charge in [0.05, 0.1) is 6.04 Å². The highest BCUT2D eigenvalue weighted by atomic mass is 16.4. The molecule has 0 aromatic heterocycles. The van der Waals surface area contributed by atoms with Gasteiger partial charge in [-0.25, -0.2) is 4.79 Å². The Balaban J connectivity index is 5.07. The molecule has 2 amide bonds. The molecule has 13 nitrogen and oxygen atoms in total. The first-order valence-electron chi connectivity index (χ1n) is 9.64. The Kier molecular flexibility index (Phi) is 13.5. The number of aliphatic imine (C=N–C) groups is 1. The lowest BCUT2D eigenvalue weighted by atomic mass is 10.1. The fourth-order valence-electron chi connectivity index (χ4n) is 2.49. The zero-order valence-corrected chi connectivity index (χ0v) is 16.9. The summed E-state index contributed by atoms with van der Waals surface area (Å²) in [7, 11) is 0. The maximum Gasteiger partial charge on any atom is 0.326 e. The van der Waals surface area contributed by atoms with E-state index in [1.54, 1.807) is 0 Å². The molecule has 0 rings (SSSR count). The van der Waals surface area contributed by atoms with Crippen molar-refractivity contribution in [2.75, 3.05) is 13.1 Å². The first kappa shape index (κ1) is 27.1. The highest BCUT2D eigenvalue weighted by Crippen LogP contribution is 2.05. The number of carboxylic acid groups (broad SMARTS) is 2. The van der Waals surface area contributed by atoms with Crippen molar-refractivity contribution in [3.8, 4) is 0 Å². The number of aliphatic carboxylic acids is 2. The van der Waals surface area contributed by atoms with Gasteiger partial charge in [0.25, 0.3) is 0 Å². The predicted molar refractivity (Wildman–Crippen MR) is 109 cm³/mol. The van der Waals surface area contributed by atoms with E-state index in [9.17, 15) is 24.3 Å². The Hall–Kier alpha value is -2.93. The number of carboxylic acids is 2. The largest absolute Gasteiger partial charge is 0.481 e.